The molecule has 0 spiro atoms. The predicted molar refractivity (Wildman–Crippen MR) is 153 cm³/mol. The fourth-order valence-electron chi connectivity index (χ4n) is 6.09. The number of rotatable bonds is 10. The number of alkyl halides is 3. The molecular formula is C29H39BF3N5O2. The number of piperidine rings is 1. The number of hydrogen-bond acceptors (Lipinski definition) is 5. The molecule has 0 aromatic carbocycles. The van der Waals surface area contributed by atoms with Gasteiger partial charge >= 0.3 is 11.9 Å². The fourth-order valence-corrected chi connectivity index (χ4v) is 6.09. The number of hydrogen-bond donors (Lipinski definition) is 3. The van der Waals surface area contributed by atoms with Crippen molar-refractivity contribution in [2.45, 2.75) is 57.0 Å². The van der Waals surface area contributed by atoms with Crippen molar-refractivity contribution in [3.8, 4) is 0 Å². The summed E-state index contributed by atoms with van der Waals surface area (Å²) in [5, 5.41) is 17.8. The van der Waals surface area contributed by atoms with E-state index in [4.69, 9.17) is 7.85 Å². The van der Waals surface area contributed by atoms with Crippen molar-refractivity contribution < 1.29 is 18.3 Å². The van der Waals surface area contributed by atoms with E-state index in [1.165, 1.54) is 12.3 Å². The van der Waals surface area contributed by atoms with Gasteiger partial charge in [0.15, 0.2) is 0 Å². The summed E-state index contributed by atoms with van der Waals surface area (Å²) in [5.74, 6) is 0.632. The van der Waals surface area contributed by atoms with Crippen molar-refractivity contribution in [2.24, 2.45) is 17.8 Å². The SMILES string of the molecule is [B]C(O)(c1cc(C(F)(F)F)c2cn(/C(C=C)=C/C(=C)[C@@H](C3CCC3)C(NC)NC)c(=O)n2c1)N1CCC[C@H](C)C1. The second kappa shape index (κ2) is 11.7. The summed E-state index contributed by atoms with van der Waals surface area (Å²) in [6, 6.07) is 0.839. The Balaban J connectivity index is 1.82. The van der Waals surface area contributed by atoms with Crippen molar-refractivity contribution in [3.05, 3.63) is 71.0 Å². The van der Waals surface area contributed by atoms with Crippen molar-refractivity contribution >= 4 is 19.1 Å². The molecule has 2 radical (unpaired) electrons. The van der Waals surface area contributed by atoms with E-state index < -0.39 is 23.1 Å². The van der Waals surface area contributed by atoms with Crippen LogP contribution in [0, 0.1) is 17.8 Å². The van der Waals surface area contributed by atoms with Crippen LogP contribution in [-0.4, -0.2) is 60.2 Å². The summed E-state index contributed by atoms with van der Waals surface area (Å²) in [6.45, 7) is 11.0. The number of nitrogens with zero attached hydrogens (tertiary/aromatic N) is 3. The molecule has 1 unspecified atom stereocenters. The van der Waals surface area contributed by atoms with E-state index in [2.05, 4.69) is 23.8 Å². The summed E-state index contributed by atoms with van der Waals surface area (Å²) in [6.07, 6.45) is 5.55. The van der Waals surface area contributed by atoms with E-state index in [-0.39, 0.29) is 29.1 Å². The number of likely N-dealkylation sites (tertiary alicyclic amines) is 1. The second-order valence-corrected chi connectivity index (χ2v) is 11.2. The number of imidazole rings is 1. The molecular weight excluding hydrogens is 518 g/mol. The molecule has 0 bridgehead atoms. The first-order valence-electron chi connectivity index (χ1n) is 13.8. The first-order valence-corrected chi connectivity index (χ1v) is 13.8. The summed E-state index contributed by atoms with van der Waals surface area (Å²) < 4.78 is 45.0. The second-order valence-electron chi connectivity index (χ2n) is 11.2. The van der Waals surface area contributed by atoms with E-state index in [0.717, 1.165) is 58.9 Å². The van der Waals surface area contributed by atoms with Gasteiger partial charge in [0.1, 0.15) is 7.85 Å². The average molecular weight is 557 g/mol. The number of fused-ring (bicyclic) bond motifs is 1. The van der Waals surface area contributed by atoms with Crippen LogP contribution in [0.4, 0.5) is 13.2 Å². The standard InChI is InChI=1S/C29H39BF3N5O2/c1-6-22(13-19(3)25(20-10-7-11-20)26(34-4)35-5)37-17-24-23(29(31,32)33)14-21(16-38(24)27(37)39)28(30,40)36-12-8-9-18(2)15-36/h6,13-14,16-18,20,25-26,34-35,40H,1,3,7-12,15H2,2,4-5H3/b22-13+/t18-,25-,28?/m0/s1. The van der Waals surface area contributed by atoms with Crippen molar-refractivity contribution in [2.75, 3.05) is 27.2 Å². The summed E-state index contributed by atoms with van der Waals surface area (Å²) in [5.41, 5.74) is -3.48. The van der Waals surface area contributed by atoms with Gasteiger partial charge in [-0.3, -0.25) is 13.9 Å². The molecule has 11 heteroatoms. The smallest absolute Gasteiger partial charge is 0.381 e. The third-order valence-electron chi connectivity index (χ3n) is 8.52. The van der Waals surface area contributed by atoms with Crippen LogP contribution in [0.2, 0.25) is 0 Å². The first kappa shape index (κ1) is 30.4. The molecule has 3 N–H and O–H groups in total. The van der Waals surface area contributed by atoms with Crippen LogP contribution in [-0.2, 0) is 11.8 Å². The fraction of sp³-hybridized carbons (Fsp3) is 0.552. The third-order valence-corrected chi connectivity index (χ3v) is 8.52. The quantitative estimate of drug-likeness (QED) is 0.235. The van der Waals surface area contributed by atoms with Crippen molar-refractivity contribution in [1.29, 1.82) is 0 Å². The summed E-state index contributed by atoms with van der Waals surface area (Å²) in [4.78, 5) is 15.2. The van der Waals surface area contributed by atoms with Crippen LogP contribution >= 0.6 is 0 Å². The Bertz CT molecular complexity index is 1340. The van der Waals surface area contributed by atoms with Gasteiger partial charge in [0, 0.05) is 42.7 Å². The minimum atomic E-state index is -4.80. The lowest BCUT2D eigenvalue weighted by atomic mass is 9.71. The Morgan fingerprint density at radius 2 is 1.88 bits per heavy atom. The zero-order chi connectivity index (χ0) is 29.4. The molecule has 40 heavy (non-hydrogen) atoms. The minimum absolute atomic E-state index is 0.0166. The highest BCUT2D eigenvalue weighted by atomic mass is 19.4. The van der Waals surface area contributed by atoms with E-state index in [1.54, 1.807) is 11.0 Å². The van der Waals surface area contributed by atoms with Crippen molar-refractivity contribution in [1.82, 2.24) is 24.5 Å². The van der Waals surface area contributed by atoms with E-state index in [1.807, 2.05) is 21.0 Å². The molecule has 0 amide bonds. The number of aromatic nitrogens is 2. The molecule has 1 aliphatic heterocycles. The molecule has 2 fully saturated rings. The molecule has 4 rings (SSSR count). The lowest BCUT2D eigenvalue weighted by Gasteiger charge is -2.42. The Morgan fingerprint density at radius 1 is 1.20 bits per heavy atom. The highest BCUT2D eigenvalue weighted by Crippen LogP contribution is 2.39. The topological polar surface area (TPSA) is 73.9 Å². The molecule has 2 aromatic heterocycles. The monoisotopic (exact) mass is 557 g/mol. The van der Waals surface area contributed by atoms with Gasteiger partial charge in [0.25, 0.3) is 0 Å². The molecule has 216 valence electrons. The molecule has 7 nitrogen and oxygen atoms in total. The molecule has 1 saturated carbocycles. The largest absolute Gasteiger partial charge is 0.418 e. The zero-order valence-electron chi connectivity index (χ0n) is 23.5. The highest BCUT2D eigenvalue weighted by Gasteiger charge is 2.39. The van der Waals surface area contributed by atoms with Crippen LogP contribution in [0.15, 0.2) is 54.1 Å². The molecule has 1 saturated heterocycles. The number of pyridine rings is 1. The summed E-state index contributed by atoms with van der Waals surface area (Å²) in [7, 11) is 9.96. The van der Waals surface area contributed by atoms with Gasteiger partial charge in [-0.1, -0.05) is 26.5 Å². The van der Waals surface area contributed by atoms with Gasteiger partial charge in [-0.05, 0) is 75.4 Å². The molecule has 3 heterocycles. The van der Waals surface area contributed by atoms with E-state index >= 15 is 0 Å². The van der Waals surface area contributed by atoms with Crippen LogP contribution in [0.1, 0.15) is 50.2 Å². The number of nitrogens with one attached hydrogen (secondary N) is 2. The van der Waals surface area contributed by atoms with Gasteiger partial charge in [-0.2, -0.15) is 13.2 Å². The lowest BCUT2D eigenvalue weighted by Crippen LogP contribution is -2.51. The molecule has 1 aliphatic carbocycles. The zero-order valence-corrected chi connectivity index (χ0v) is 23.5. The molecule has 2 aromatic rings. The van der Waals surface area contributed by atoms with E-state index in [0.29, 0.717) is 24.7 Å². The Hall–Kier alpha value is -2.60. The lowest BCUT2D eigenvalue weighted by molar-refractivity contribution is -0.136. The maximum atomic E-state index is 14.3. The van der Waals surface area contributed by atoms with Crippen LogP contribution in [0.3, 0.4) is 0 Å². The first-order chi connectivity index (χ1) is 18.8. The van der Waals surface area contributed by atoms with Gasteiger partial charge in [0.2, 0.25) is 0 Å². The molecule has 3 atom stereocenters. The third kappa shape index (κ3) is 5.75. The maximum Gasteiger partial charge on any atom is 0.418 e. The maximum absolute atomic E-state index is 14.3. The van der Waals surface area contributed by atoms with Crippen LogP contribution < -0.4 is 16.3 Å². The Morgan fingerprint density at radius 3 is 2.40 bits per heavy atom. The van der Waals surface area contributed by atoms with Crippen LogP contribution in [0.5, 0.6) is 0 Å². The highest BCUT2D eigenvalue weighted by molar-refractivity contribution is 6.14. The molecule has 2 aliphatic rings. The number of halogens is 3. The van der Waals surface area contributed by atoms with Gasteiger partial charge < -0.3 is 15.7 Å². The van der Waals surface area contributed by atoms with Crippen LogP contribution in [0.25, 0.3) is 11.2 Å². The van der Waals surface area contributed by atoms with Crippen molar-refractivity contribution in [3.63, 3.8) is 0 Å². The summed E-state index contributed by atoms with van der Waals surface area (Å²) >= 11 is 0. The van der Waals surface area contributed by atoms with Gasteiger partial charge in [0.05, 0.1) is 22.9 Å². The number of allylic oxidation sites excluding steroid dienone is 3. The van der Waals surface area contributed by atoms with Gasteiger partial charge in [-0.15, -0.1) is 0 Å². The predicted octanol–water partition coefficient (Wildman–Crippen LogP) is 3.89. The normalized spacial score (nSPS) is 21.8. The Kier molecular flexibility index (Phi) is 8.90. The van der Waals surface area contributed by atoms with Gasteiger partial charge in [-0.25, -0.2) is 4.79 Å². The van der Waals surface area contributed by atoms with E-state index in [9.17, 15) is 23.1 Å². The average Bonchev–Trinajstić information content (AvgIpc) is 3.21. The Labute approximate surface area is 234 Å². The minimum Gasteiger partial charge on any atom is -0.381 e. The number of aliphatic hydroxyl groups is 1.